The van der Waals surface area contributed by atoms with Crippen LogP contribution in [0.4, 0.5) is 11.4 Å². The molecule has 3 rings (SSSR count). The quantitative estimate of drug-likeness (QED) is 0.624. The van der Waals surface area contributed by atoms with Crippen molar-refractivity contribution in [3.63, 3.8) is 0 Å². The number of halogens is 1. The molecule has 1 fully saturated rings. The Kier molecular flexibility index (Phi) is 6.46. The zero-order valence-corrected chi connectivity index (χ0v) is 15.0. The molecule has 6 nitrogen and oxygen atoms in total. The van der Waals surface area contributed by atoms with Crippen molar-refractivity contribution in [1.29, 1.82) is 0 Å². The molecule has 0 radical (unpaired) electrons. The summed E-state index contributed by atoms with van der Waals surface area (Å²) >= 11 is 5.80. The van der Waals surface area contributed by atoms with E-state index in [1.54, 1.807) is 30.5 Å². The SMILES string of the molecule is O=C(CON=Cc1ccc(N2CCOCC2)cc1)Nc1ccc(Cl)cc1. The third kappa shape index (κ3) is 5.47. The van der Waals surface area contributed by atoms with E-state index in [0.29, 0.717) is 10.7 Å². The lowest BCUT2D eigenvalue weighted by atomic mass is 10.2. The Hall–Kier alpha value is -2.57. The maximum absolute atomic E-state index is 11.8. The standard InChI is InChI=1S/C19H20ClN3O3/c20-16-3-5-17(6-4-16)22-19(24)14-26-21-13-15-1-7-18(8-2-15)23-9-11-25-12-10-23/h1-8,13H,9-12,14H2,(H,22,24). The second-order valence-corrected chi connectivity index (χ2v) is 6.19. The van der Waals surface area contributed by atoms with Crippen molar-refractivity contribution in [2.24, 2.45) is 5.16 Å². The summed E-state index contributed by atoms with van der Waals surface area (Å²) in [5.74, 6) is -0.285. The first kappa shape index (κ1) is 18.2. The van der Waals surface area contributed by atoms with Gasteiger partial charge in [-0.2, -0.15) is 0 Å². The number of carbonyl (C=O) groups is 1. The number of nitrogens with zero attached hydrogens (tertiary/aromatic N) is 2. The Morgan fingerprint density at radius 2 is 1.85 bits per heavy atom. The van der Waals surface area contributed by atoms with Crippen molar-refractivity contribution >= 4 is 35.1 Å². The molecule has 1 N–H and O–H groups in total. The topological polar surface area (TPSA) is 63.2 Å². The van der Waals surface area contributed by atoms with Crippen molar-refractivity contribution in [3.05, 3.63) is 59.1 Å². The van der Waals surface area contributed by atoms with Crippen LogP contribution in [0.5, 0.6) is 0 Å². The minimum atomic E-state index is -0.285. The molecule has 0 aliphatic carbocycles. The van der Waals surface area contributed by atoms with E-state index in [4.69, 9.17) is 21.2 Å². The molecule has 0 saturated carbocycles. The van der Waals surface area contributed by atoms with Gasteiger partial charge in [0.25, 0.3) is 5.91 Å². The number of hydrogen-bond acceptors (Lipinski definition) is 5. The van der Waals surface area contributed by atoms with Gasteiger partial charge < -0.3 is 19.8 Å². The number of oxime groups is 1. The summed E-state index contributed by atoms with van der Waals surface area (Å²) < 4.78 is 5.35. The average molecular weight is 374 g/mol. The van der Waals surface area contributed by atoms with Crippen LogP contribution in [0.2, 0.25) is 5.02 Å². The van der Waals surface area contributed by atoms with Crippen LogP contribution >= 0.6 is 11.6 Å². The van der Waals surface area contributed by atoms with Crippen molar-refractivity contribution in [2.75, 3.05) is 43.1 Å². The largest absolute Gasteiger partial charge is 0.386 e. The van der Waals surface area contributed by atoms with Gasteiger partial charge in [0, 0.05) is 29.5 Å². The molecule has 1 saturated heterocycles. The van der Waals surface area contributed by atoms with Gasteiger partial charge in [0.15, 0.2) is 6.61 Å². The van der Waals surface area contributed by atoms with Gasteiger partial charge in [-0.1, -0.05) is 28.9 Å². The first-order chi connectivity index (χ1) is 12.7. The van der Waals surface area contributed by atoms with Gasteiger partial charge in [0.1, 0.15) is 0 Å². The summed E-state index contributed by atoms with van der Waals surface area (Å²) in [7, 11) is 0. The number of carbonyl (C=O) groups excluding carboxylic acids is 1. The smallest absolute Gasteiger partial charge is 0.265 e. The monoisotopic (exact) mass is 373 g/mol. The molecule has 7 heteroatoms. The molecule has 136 valence electrons. The number of amides is 1. The molecule has 1 amide bonds. The number of rotatable bonds is 6. The molecule has 1 aliphatic heterocycles. The summed E-state index contributed by atoms with van der Waals surface area (Å²) in [6.45, 7) is 3.16. The summed E-state index contributed by atoms with van der Waals surface area (Å²) in [5.41, 5.74) is 2.72. The van der Waals surface area contributed by atoms with Crippen LogP contribution in [-0.4, -0.2) is 45.0 Å². The lowest BCUT2D eigenvalue weighted by Gasteiger charge is -2.28. The van der Waals surface area contributed by atoms with Crippen molar-refractivity contribution < 1.29 is 14.4 Å². The molecule has 2 aromatic carbocycles. The minimum absolute atomic E-state index is 0.162. The molecule has 0 unspecified atom stereocenters. The van der Waals surface area contributed by atoms with Gasteiger partial charge in [-0.25, -0.2) is 0 Å². The lowest BCUT2D eigenvalue weighted by molar-refractivity contribution is -0.120. The van der Waals surface area contributed by atoms with Gasteiger partial charge in [-0.3, -0.25) is 4.79 Å². The summed E-state index contributed by atoms with van der Waals surface area (Å²) in [5, 5.41) is 7.15. The van der Waals surface area contributed by atoms with Crippen molar-refractivity contribution in [1.82, 2.24) is 0 Å². The highest BCUT2D eigenvalue weighted by atomic mass is 35.5. The van der Waals surface area contributed by atoms with Crippen LogP contribution in [0.3, 0.4) is 0 Å². The normalized spacial score (nSPS) is 14.4. The Morgan fingerprint density at radius 1 is 1.15 bits per heavy atom. The molecule has 1 aliphatic rings. The van der Waals surface area contributed by atoms with Crippen LogP contribution < -0.4 is 10.2 Å². The molecular formula is C19H20ClN3O3. The van der Waals surface area contributed by atoms with Crippen LogP contribution in [0.1, 0.15) is 5.56 Å². The number of anilines is 2. The predicted molar refractivity (Wildman–Crippen MR) is 103 cm³/mol. The van der Waals surface area contributed by atoms with E-state index in [9.17, 15) is 4.79 Å². The second-order valence-electron chi connectivity index (χ2n) is 5.75. The number of hydrogen-bond donors (Lipinski definition) is 1. The highest BCUT2D eigenvalue weighted by molar-refractivity contribution is 6.30. The van der Waals surface area contributed by atoms with Gasteiger partial charge in [0.05, 0.1) is 19.4 Å². The zero-order valence-electron chi connectivity index (χ0n) is 14.2. The van der Waals surface area contributed by atoms with Crippen LogP contribution in [0, 0.1) is 0 Å². The average Bonchev–Trinajstić information content (AvgIpc) is 2.68. The van der Waals surface area contributed by atoms with Crippen LogP contribution in [0.25, 0.3) is 0 Å². The fourth-order valence-corrected chi connectivity index (χ4v) is 2.64. The molecule has 26 heavy (non-hydrogen) atoms. The molecule has 0 atom stereocenters. The summed E-state index contributed by atoms with van der Waals surface area (Å²) in [6.07, 6.45) is 1.58. The Morgan fingerprint density at radius 3 is 2.54 bits per heavy atom. The van der Waals surface area contributed by atoms with Gasteiger partial charge in [-0.15, -0.1) is 0 Å². The molecule has 0 spiro atoms. The Balaban J connectivity index is 1.43. The molecule has 2 aromatic rings. The third-order valence-electron chi connectivity index (χ3n) is 3.87. The Bertz CT molecular complexity index is 742. The zero-order chi connectivity index (χ0) is 18.2. The first-order valence-corrected chi connectivity index (χ1v) is 8.72. The maximum Gasteiger partial charge on any atom is 0.265 e. The van der Waals surface area contributed by atoms with E-state index in [1.165, 1.54) is 0 Å². The molecule has 0 bridgehead atoms. The molecular weight excluding hydrogens is 354 g/mol. The molecule has 0 aromatic heterocycles. The van der Waals surface area contributed by atoms with E-state index in [1.807, 2.05) is 24.3 Å². The maximum atomic E-state index is 11.8. The number of nitrogens with one attached hydrogen (secondary N) is 1. The van der Waals surface area contributed by atoms with Gasteiger partial charge in [-0.05, 0) is 42.0 Å². The number of ether oxygens (including phenoxy) is 1. The highest BCUT2D eigenvalue weighted by Gasteiger charge is 2.10. The highest BCUT2D eigenvalue weighted by Crippen LogP contribution is 2.16. The predicted octanol–water partition coefficient (Wildman–Crippen LogP) is 3.17. The summed E-state index contributed by atoms with van der Waals surface area (Å²) in [4.78, 5) is 19.1. The second kappa shape index (κ2) is 9.22. The Labute approximate surface area is 157 Å². The number of benzene rings is 2. The van der Waals surface area contributed by atoms with E-state index in [0.717, 1.165) is 37.6 Å². The third-order valence-corrected chi connectivity index (χ3v) is 4.12. The van der Waals surface area contributed by atoms with E-state index in [2.05, 4.69) is 15.4 Å². The van der Waals surface area contributed by atoms with E-state index >= 15 is 0 Å². The van der Waals surface area contributed by atoms with Crippen molar-refractivity contribution in [3.8, 4) is 0 Å². The van der Waals surface area contributed by atoms with Crippen molar-refractivity contribution in [2.45, 2.75) is 0 Å². The van der Waals surface area contributed by atoms with E-state index in [-0.39, 0.29) is 12.5 Å². The van der Waals surface area contributed by atoms with Gasteiger partial charge in [0.2, 0.25) is 0 Å². The minimum Gasteiger partial charge on any atom is -0.386 e. The van der Waals surface area contributed by atoms with Crippen LogP contribution in [-0.2, 0) is 14.4 Å². The fourth-order valence-electron chi connectivity index (χ4n) is 2.52. The first-order valence-electron chi connectivity index (χ1n) is 8.34. The molecule has 1 heterocycles. The summed E-state index contributed by atoms with van der Waals surface area (Å²) in [6, 6.07) is 14.9. The van der Waals surface area contributed by atoms with E-state index < -0.39 is 0 Å². The van der Waals surface area contributed by atoms with Crippen LogP contribution in [0.15, 0.2) is 53.7 Å². The van der Waals surface area contributed by atoms with Gasteiger partial charge >= 0.3 is 0 Å². The lowest BCUT2D eigenvalue weighted by Crippen LogP contribution is -2.36. The fraction of sp³-hybridized carbons (Fsp3) is 0.263. The number of morpholine rings is 1.